The lowest BCUT2D eigenvalue weighted by Crippen LogP contribution is -2.04. The van der Waals surface area contributed by atoms with E-state index in [1.807, 2.05) is 7.05 Å². The molecule has 90 valence electrons. The fourth-order valence-corrected chi connectivity index (χ4v) is 2.56. The Morgan fingerprint density at radius 2 is 1.88 bits per heavy atom. The molecule has 2 rings (SSSR count). The number of aryl methyl sites for hydroxylation is 2. The van der Waals surface area contributed by atoms with Gasteiger partial charge in [-0.2, -0.15) is 0 Å². The van der Waals surface area contributed by atoms with Gasteiger partial charge in [0.2, 0.25) is 0 Å². The van der Waals surface area contributed by atoms with E-state index in [4.69, 9.17) is 0 Å². The van der Waals surface area contributed by atoms with Crippen molar-refractivity contribution in [2.24, 2.45) is 0 Å². The van der Waals surface area contributed by atoms with Gasteiger partial charge in [-0.1, -0.05) is 29.5 Å². The van der Waals surface area contributed by atoms with E-state index >= 15 is 0 Å². The minimum Gasteiger partial charge on any atom is -0.313 e. The SMILES string of the molecule is CNCc1nnc(Cc2ccc(C)c(C)c2)s1. The first kappa shape index (κ1) is 12.2. The van der Waals surface area contributed by atoms with Crippen molar-refractivity contribution in [1.29, 1.82) is 0 Å². The number of rotatable bonds is 4. The fraction of sp³-hybridized carbons (Fsp3) is 0.385. The molecule has 17 heavy (non-hydrogen) atoms. The van der Waals surface area contributed by atoms with Crippen LogP contribution in [0.1, 0.15) is 26.7 Å². The fourth-order valence-electron chi connectivity index (χ4n) is 1.67. The first-order valence-electron chi connectivity index (χ1n) is 5.71. The zero-order valence-corrected chi connectivity index (χ0v) is 11.3. The molecule has 1 N–H and O–H groups in total. The van der Waals surface area contributed by atoms with E-state index in [2.05, 4.69) is 47.6 Å². The summed E-state index contributed by atoms with van der Waals surface area (Å²) in [7, 11) is 1.92. The molecule has 1 aromatic carbocycles. The Labute approximate surface area is 106 Å². The van der Waals surface area contributed by atoms with Crippen LogP contribution in [0.15, 0.2) is 18.2 Å². The van der Waals surface area contributed by atoms with Crippen LogP contribution in [0.4, 0.5) is 0 Å². The van der Waals surface area contributed by atoms with E-state index in [0.717, 1.165) is 23.0 Å². The van der Waals surface area contributed by atoms with Crippen molar-refractivity contribution in [3.63, 3.8) is 0 Å². The van der Waals surface area contributed by atoms with Crippen molar-refractivity contribution in [3.8, 4) is 0 Å². The highest BCUT2D eigenvalue weighted by Gasteiger charge is 2.05. The number of benzene rings is 1. The highest BCUT2D eigenvalue weighted by Crippen LogP contribution is 2.17. The molecule has 0 spiro atoms. The number of hydrogen-bond donors (Lipinski definition) is 1. The van der Waals surface area contributed by atoms with Gasteiger partial charge in [-0.15, -0.1) is 10.2 Å². The van der Waals surface area contributed by atoms with E-state index < -0.39 is 0 Å². The second kappa shape index (κ2) is 5.38. The van der Waals surface area contributed by atoms with Crippen molar-refractivity contribution >= 4 is 11.3 Å². The minimum atomic E-state index is 0.796. The van der Waals surface area contributed by atoms with Crippen molar-refractivity contribution in [3.05, 3.63) is 44.9 Å². The Hall–Kier alpha value is -1.26. The maximum Gasteiger partial charge on any atom is 0.131 e. The standard InChI is InChI=1S/C13H17N3S/c1-9-4-5-11(6-10(9)2)7-12-15-16-13(17-12)8-14-3/h4-6,14H,7-8H2,1-3H3. The molecule has 0 atom stereocenters. The quantitative estimate of drug-likeness (QED) is 0.902. The average molecular weight is 247 g/mol. The van der Waals surface area contributed by atoms with E-state index in [1.165, 1.54) is 16.7 Å². The predicted molar refractivity (Wildman–Crippen MR) is 71.4 cm³/mol. The molecule has 4 heteroatoms. The molecule has 1 aromatic heterocycles. The molecule has 0 aliphatic rings. The van der Waals surface area contributed by atoms with E-state index in [1.54, 1.807) is 11.3 Å². The van der Waals surface area contributed by atoms with Gasteiger partial charge in [0.05, 0.1) is 0 Å². The summed E-state index contributed by atoms with van der Waals surface area (Å²) < 4.78 is 0. The molecule has 0 aliphatic carbocycles. The lowest BCUT2D eigenvalue weighted by Gasteiger charge is -2.02. The third-order valence-electron chi connectivity index (χ3n) is 2.76. The normalized spacial score (nSPS) is 10.8. The zero-order chi connectivity index (χ0) is 12.3. The van der Waals surface area contributed by atoms with Crippen LogP contribution in [0, 0.1) is 13.8 Å². The highest BCUT2D eigenvalue weighted by molar-refractivity contribution is 7.11. The second-order valence-corrected chi connectivity index (χ2v) is 5.36. The third-order valence-corrected chi connectivity index (χ3v) is 3.69. The van der Waals surface area contributed by atoms with Crippen LogP contribution < -0.4 is 5.32 Å². The summed E-state index contributed by atoms with van der Waals surface area (Å²) in [4.78, 5) is 0. The van der Waals surface area contributed by atoms with Crippen LogP contribution in [0.25, 0.3) is 0 Å². The van der Waals surface area contributed by atoms with Gasteiger partial charge in [0.15, 0.2) is 0 Å². The molecular weight excluding hydrogens is 230 g/mol. The van der Waals surface area contributed by atoms with Crippen molar-refractivity contribution in [1.82, 2.24) is 15.5 Å². The van der Waals surface area contributed by atoms with Gasteiger partial charge in [-0.3, -0.25) is 0 Å². The Balaban J connectivity index is 2.11. The van der Waals surface area contributed by atoms with Gasteiger partial charge in [0.25, 0.3) is 0 Å². The number of nitrogens with one attached hydrogen (secondary N) is 1. The summed E-state index contributed by atoms with van der Waals surface area (Å²) in [6, 6.07) is 6.57. The van der Waals surface area contributed by atoms with Gasteiger partial charge in [0.1, 0.15) is 10.0 Å². The largest absolute Gasteiger partial charge is 0.313 e. The van der Waals surface area contributed by atoms with Crippen LogP contribution in [-0.4, -0.2) is 17.2 Å². The molecule has 0 saturated heterocycles. The van der Waals surface area contributed by atoms with Gasteiger partial charge in [-0.05, 0) is 37.6 Å². The van der Waals surface area contributed by atoms with Crippen molar-refractivity contribution in [2.75, 3.05) is 7.05 Å². The molecule has 0 amide bonds. The summed E-state index contributed by atoms with van der Waals surface area (Å²) in [5.41, 5.74) is 3.98. The van der Waals surface area contributed by atoms with Gasteiger partial charge < -0.3 is 5.32 Å². The van der Waals surface area contributed by atoms with Gasteiger partial charge in [-0.25, -0.2) is 0 Å². The van der Waals surface area contributed by atoms with E-state index in [9.17, 15) is 0 Å². The topological polar surface area (TPSA) is 37.8 Å². The Bertz CT molecular complexity index is 505. The minimum absolute atomic E-state index is 0.796. The molecule has 0 fully saturated rings. The molecule has 0 saturated carbocycles. The predicted octanol–water partition coefficient (Wildman–Crippen LogP) is 2.47. The van der Waals surface area contributed by atoms with Crippen LogP contribution in [-0.2, 0) is 13.0 Å². The van der Waals surface area contributed by atoms with Gasteiger partial charge in [0, 0.05) is 13.0 Å². The summed E-state index contributed by atoms with van der Waals surface area (Å²) >= 11 is 1.68. The average Bonchev–Trinajstić information content (AvgIpc) is 2.72. The number of aromatic nitrogens is 2. The second-order valence-electron chi connectivity index (χ2n) is 4.22. The summed E-state index contributed by atoms with van der Waals surface area (Å²) in [5, 5.41) is 13.6. The molecular formula is C13H17N3S. The first-order valence-corrected chi connectivity index (χ1v) is 6.52. The summed E-state index contributed by atoms with van der Waals surface area (Å²) in [6.07, 6.45) is 0.877. The van der Waals surface area contributed by atoms with Crippen LogP contribution in [0.3, 0.4) is 0 Å². The molecule has 2 aromatic rings. The van der Waals surface area contributed by atoms with Crippen LogP contribution in [0.2, 0.25) is 0 Å². The summed E-state index contributed by atoms with van der Waals surface area (Å²) in [6.45, 7) is 5.07. The number of hydrogen-bond acceptors (Lipinski definition) is 4. The summed E-state index contributed by atoms with van der Waals surface area (Å²) in [5.74, 6) is 0. The molecule has 0 bridgehead atoms. The molecule has 1 heterocycles. The lowest BCUT2D eigenvalue weighted by molar-refractivity contribution is 0.791. The molecule has 0 aliphatic heterocycles. The van der Waals surface area contributed by atoms with Crippen LogP contribution in [0.5, 0.6) is 0 Å². The van der Waals surface area contributed by atoms with E-state index in [-0.39, 0.29) is 0 Å². The van der Waals surface area contributed by atoms with Crippen molar-refractivity contribution in [2.45, 2.75) is 26.8 Å². The van der Waals surface area contributed by atoms with E-state index in [0.29, 0.717) is 0 Å². The molecule has 0 radical (unpaired) electrons. The number of nitrogens with zero attached hydrogens (tertiary/aromatic N) is 2. The molecule has 0 unspecified atom stereocenters. The Morgan fingerprint density at radius 1 is 1.12 bits per heavy atom. The maximum absolute atomic E-state index is 4.21. The maximum atomic E-state index is 4.21. The monoisotopic (exact) mass is 247 g/mol. The molecule has 3 nitrogen and oxygen atoms in total. The smallest absolute Gasteiger partial charge is 0.131 e. The van der Waals surface area contributed by atoms with Crippen molar-refractivity contribution < 1.29 is 0 Å². The Kier molecular flexibility index (Phi) is 3.86. The lowest BCUT2D eigenvalue weighted by atomic mass is 10.0. The third kappa shape index (κ3) is 3.11. The highest BCUT2D eigenvalue weighted by atomic mass is 32.1. The Morgan fingerprint density at radius 3 is 2.59 bits per heavy atom. The first-order chi connectivity index (χ1) is 8.19. The van der Waals surface area contributed by atoms with Crippen LogP contribution >= 0.6 is 11.3 Å². The zero-order valence-electron chi connectivity index (χ0n) is 10.4. The van der Waals surface area contributed by atoms with Gasteiger partial charge >= 0.3 is 0 Å².